The van der Waals surface area contributed by atoms with Crippen LogP contribution in [0.2, 0.25) is 0 Å². The molecule has 0 fully saturated rings. The number of nitrogen functional groups attached to an aromatic ring is 1. The first-order chi connectivity index (χ1) is 17.3. The topological polar surface area (TPSA) is 200 Å². The Morgan fingerprint density at radius 3 is 2.03 bits per heavy atom. The van der Waals surface area contributed by atoms with Gasteiger partial charge in [-0.3, -0.25) is 29.6 Å². The third-order valence-electron chi connectivity index (χ3n) is 5.20. The van der Waals surface area contributed by atoms with Crippen molar-refractivity contribution in [3.05, 3.63) is 60.2 Å². The second-order valence-electron chi connectivity index (χ2n) is 7.97. The number of nitrogens with two attached hydrogens (primary N) is 2. The van der Waals surface area contributed by atoms with Crippen molar-refractivity contribution in [2.24, 2.45) is 11.5 Å². The molecule has 0 heterocycles. The first-order valence-corrected chi connectivity index (χ1v) is 10.9. The first kappa shape index (κ1) is 28.5. The van der Waals surface area contributed by atoms with Crippen LogP contribution in [0.25, 0.3) is 0 Å². The number of rotatable bonds is 9. The van der Waals surface area contributed by atoms with Crippen molar-refractivity contribution in [2.75, 3.05) is 23.9 Å². The van der Waals surface area contributed by atoms with Crippen LogP contribution in [0.15, 0.2) is 54.6 Å². The summed E-state index contributed by atoms with van der Waals surface area (Å²) >= 11 is 0. The Bertz CT molecular complexity index is 1190. The average molecular weight is 513 g/mol. The number of ketones is 1. The highest BCUT2D eigenvalue weighted by atomic mass is 16.7. The summed E-state index contributed by atoms with van der Waals surface area (Å²) in [6, 6.07) is 9.49. The quantitative estimate of drug-likeness (QED) is 0.162. The number of nitrogens with one attached hydrogen (secondary N) is 1. The number of benzene rings is 2. The number of para-hydroxylation sites is 1. The van der Waals surface area contributed by atoms with E-state index in [-0.39, 0.29) is 11.5 Å². The Kier molecular flexibility index (Phi) is 9.43. The van der Waals surface area contributed by atoms with E-state index in [0.29, 0.717) is 16.3 Å². The Hall–Kier alpha value is -4.78. The lowest BCUT2D eigenvalue weighted by Crippen LogP contribution is -2.56. The van der Waals surface area contributed by atoms with Crippen LogP contribution in [0.5, 0.6) is 0 Å². The van der Waals surface area contributed by atoms with E-state index < -0.39 is 48.2 Å². The molecule has 0 aromatic heterocycles. The number of hydrogen-bond donors (Lipinski definition) is 4. The van der Waals surface area contributed by atoms with E-state index in [1.54, 1.807) is 18.2 Å². The fraction of sp³-hybridized carbons (Fsp3) is 0.250. The largest absolute Gasteiger partial charge is 0.481 e. The van der Waals surface area contributed by atoms with E-state index in [1.807, 2.05) is 0 Å². The Morgan fingerprint density at radius 1 is 0.973 bits per heavy atom. The molecule has 37 heavy (non-hydrogen) atoms. The van der Waals surface area contributed by atoms with Crippen LogP contribution in [0, 0.1) is 5.41 Å². The normalized spacial score (nSPS) is 12.0. The molecule has 3 amide bonds. The molecule has 0 saturated heterocycles. The first-order valence-electron chi connectivity index (χ1n) is 10.9. The second-order valence-corrected chi connectivity index (χ2v) is 7.97. The lowest BCUT2D eigenvalue weighted by molar-refractivity contribution is -0.174. The van der Waals surface area contributed by atoms with E-state index in [1.165, 1.54) is 43.4 Å². The van der Waals surface area contributed by atoms with Gasteiger partial charge < -0.3 is 21.4 Å². The Morgan fingerprint density at radius 2 is 1.54 bits per heavy atom. The monoisotopic (exact) mass is 512 g/mol. The van der Waals surface area contributed by atoms with Crippen molar-refractivity contribution < 1.29 is 33.9 Å². The minimum absolute atomic E-state index is 0.0992. The number of amides is 3. The van der Waals surface area contributed by atoms with Crippen molar-refractivity contribution >= 4 is 46.9 Å². The highest BCUT2D eigenvalue weighted by Crippen LogP contribution is 2.21. The van der Waals surface area contributed by atoms with Gasteiger partial charge in [-0.05, 0) is 43.3 Å². The Labute approximate surface area is 212 Å². The van der Waals surface area contributed by atoms with Crippen LogP contribution in [-0.2, 0) is 24.0 Å². The van der Waals surface area contributed by atoms with Crippen molar-refractivity contribution in [3.63, 3.8) is 0 Å². The van der Waals surface area contributed by atoms with Gasteiger partial charge in [0.05, 0.1) is 19.5 Å². The molecule has 0 aliphatic carbocycles. The number of urea groups is 1. The number of carboxylic acids is 1. The molecule has 0 aliphatic heterocycles. The van der Waals surface area contributed by atoms with Gasteiger partial charge in [-0.25, -0.2) is 9.59 Å². The molecule has 0 radical (unpaired) electrons. The number of nitrogens with zero attached hydrogens (tertiary/aromatic N) is 3. The summed E-state index contributed by atoms with van der Waals surface area (Å²) in [5.74, 6) is -4.56. The van der Waals surface area contributed by atoms with Gasteiger partial charge in [0.25, 0.3) is 0 Å². The number of amidine groups is 1. The fourth-order valence-electron chi connectivity index (χ4n) is 3.31. The summed E-state index contributed by atoms with van der Waals surface area (Å²) in [6.07, 6.45) is -0.743. The maximum atomic E-state index is 13.1. The van der Waals surface area contributed by atoms with E-state index in [9.17, 15) is 24.0 Å². The standard InChI is InChI=1S/C24H28N6O7/c1-14(31)20(30(17-7-5-4-6-8-17)22(34)18(25)13-19(32)33)23(35)37-29(3)24(36)28(2)16-11-9-15(10-12-16)21(26)27/h4-12,18,20H,13,25H2,1-3H3,(H3,26,27)(H,32,33)/t18-,20-/m0/s1. The minimum atomic E-state index is -1.86. The molecule has 2 rings (SSSR count). The fourth-order valence-corrected chi connectivity index (χ4v) is 3.31. The number of carbonyl (C=O) groups excluding carboxylic acids is 4. The van der Waals surface area contributed by atoms with E-state index in [4.69, 9.17) is 26.8 Å². The van der Waals surface area contributed by atoms with Crippen LogP contribution in [0.3, 0.4) is 0 Å². The summed E-state index contributed by atoms with van der Waals surface area (Å²) in [7, 11) is 2.55. The van der Waals surface area contributed by atoms with Gasteiger partial charge in [-0.15, -0.1) is 0 Å². The molecule has 13 heteroatoms. The van der Waals surface area contributed by atoms with Gasteiger partial charge in [0.15, 0.2) is 11.8 Å². The molecule has 6 N–H and O–H groups in total. The zero-order valence-electron chi connectivity index (χ0n) is 20.5. The van der Waals surface area contributed by atoms with E-state index in [2.05, 4.69) is 0 Å². The smallest absolute Gasteiger partial charge is 0.362 e. The zero-order valence-corrected chi connectivity index (χ0v) is 20.5. The maximum absolute atomic E-state index is 13.1. The van der Waals surface area contributed by atoms with Crippen molar-refractivity contribution in [3.8, 4) is 0 Å². The van der Waals surface area contributed by atoms with Crippen molar-refractivity contribution in [1.29, 1.82) is 5.41 Å². The highest BCUT2D eigenvalue weighted by molar-refractivity contribution is 6.14. The molecule has 2 aromatic rings. The molecule has 2 atom stereocenters. The maximum Gasteiger partial charge on any atom is 0.362 e. The number of hydrogen-bond acceptors (Lipinski definition) is 8. The molecular formula is C24H28N6O7. The molecular weight excluding hydrogens is 484 g/mol. The summed E-state index contributed by atoms with van der Waals surface area (Å²) in [5.41, 5.74) is 12.1. The van der Waals surface area contributed by atoms with Crippen LogP contribution >= 0.6 is 0 Å². The van der Waals surface area contributed by atoms with Gasteiger partial charge in [0, 0.05) is 24.0 Å². The van der Waals surface area contributed by atoms with Crippen LogP contribution in [-0.4, -0.2) is 71.8 Å². The van der Waals surface area contributed by atoms with E-state index in [0.717, 1.165) is 23.8 Å². The van der Waals surface area contributed by atoms with Gasteiger partial charge >= 0.3 is 18.0 Å². The van der Waals surface area contributed by atoms with Gasteiger partial charge in [0.1, 0.15) is 5.84 Å². The van der Waals surface area contributed by atoms with Crippen molar-refractivity contribution in [1.82, 2.24) is 5.06 Å². The van der Waals surface area contributed by atoms with Crippen LogP contribution in [0.1, 0.15) is 18.9 Å². The number of hydroxylamine groups is 2. The van der Waals surface area contributed by atoms with Crippen LogP contribution in [0.4, 0.5) is 16.2 Å². The number of anilines is 2. The summed E-state index contributed by atoms with van der Waals surface area (Å²) in [6.45, 7) is 1.04. The number of aliphatic carboxylic acids is 1. The highest BCUT2D eigenvalue weighted by Gasteiger charge is 2.40. The zero-order chi connectivity index (χ0) is 27.9. The third kappa shape index (κ3) is 7.11. The molecule has 0 unspecified atom stereocenters. The molecule has 0 spiro atoms. The molecule has 2 aromatic carbocycles. The van der Waals surface area contributed by atoms with Crippen molar-refractivity contribution in [2.45, 2.75) is 25.4 Å². The predicted molar refractivity (Wildman–Crippen MR) is 134 cm³/mol. The second kappa shape index (κ2) is 12.3. The summed E-state index contributed by atoms with van der Waals surface area (Å²) in [4.78, 5) is 69.7. The molecule has 13 nitrogen and oxygen atoms in total. The number of carbonyl (C=O) groups is 5. The minimum Gasteiger partial charge on any atom is -0.481 e. The van der Waals surface area contributed by atoms with Gasteiger partial charge in [-0.1, -0.05) is 18.2 Å². The average Bonchev–Trinajstić information content (AvgIpc) is 2.85. The molecule has 0 bridgehead atoms. The third-order valence-corrected chi connectivity index (χ3v) is 5.20. The number of Topliss-reactive ketones (excluding diaryl/α,β-unsaturated/α-hetero) is 1. The van der Waals surface area contributed by atoms with Crippen LogP contribution < -0.4 is 21.3 Å². The number of carboxylic acid groups (broad SMARTS) is 1. The van der Waals surface area contributed by atoms with E-state index >= 15 is 0 Å². The Balaban J connectivity index is 2.31. The lowest BCUT2D eigenvalue weighted by Gasteiger charge is -2.31. The molecule has 0 aliphatic rings. The molecule has 0 saturated carbocycles. The lowest BCUT2D eigenvalue weighted by atomic mass is 10.1. The van der Waals surface area contributed by atoms with Gasteiger partial charge in [-0.2, -0.15) is 5.06 Å². The predicted octanol–water partition coefficient (Wildman–Crippen LogP) is 0.710. The summed E-state index contributed by atoms with van der Waals surface area (Å²) < 4.78 is 0. The summed E-state index contributed by atoms with van der Waals surface area (Å²) in [5, 5.41) is 17.1. The SMILES string of the molecule is CC(=O)[C@@H](C(=O)ON(C)C(=O)N(C)c1ccc(C(=N)N)cc1)N(C(=O)[C@@H](N)CC(=O)O)c1ccccc1. The molecule has 196 valence electrons. The van der Waals surface area contributed by atoms with Gasteiger partial charge in [0.2, 0.25) is 5.91 Å².